The number of nitrogens with two attached hydrogens (primary N) is 1. The summed E-state index contributed by atoms with van der Waals surface area (Å²) in [7, 11) is 1.18. The molecule has 2 aromatic carbocycles. The van der Waals surface area contributed by atoms with Crippen molar-refractivity contribution in [3.8, 4) is 11.1 Å². The monoisotopic (exact) mass is 540 g/mol. The van der Waals surface area contributed by atoms with E-state index in [-0.39, 0.29) is 18.3 Å². The molecule has 0 spiro atoms. The van der Waals surface area contributed by atoms with E-state index >= 15 is 4.39 Å². The number of halogens is 1. The van der Waals surface area contributed by atoms with Crippen LogP contribution in [0.15, 0.2) is 64.1 Å². The summed E-state index contributed by atoms with van der Waals surface area (Å²) in [6.07, 6.45) is -2.42. The highest BCUT2D eigenvalue weighted by molar-refractivity contribution is 6.03. The Labute approximate surface area is 226 Å². The third kappa shape index (κ3) is 7.41. The van der Waals surface area contributed by atoms with E-state index in [1.54, 1.807) is 39.8 Å². The average Bonchev–Trinajstić information content (AvgIpc) is 3.36. The molecule has 2 N–H and O–H groups in total. The summed E-state index contributed by atoms with van der Waals surface area (Å²) in [4.78, 5) is 29.7. The van der Waals surface area contributed by atoms with Gasteiger partial charge >= 0.3 is 12.1 Å². The molecule has 10 nitrogen and oxygen atoms in total. The molecule has 1 heterocycles. The van der Waals surface area contributed by atoms with Gasteiger partial charge in [0.2, 0.25) is 18.1 Å². The Morgan fingerprint density at radius 2 is 1.85 bits per heavy atom. The van der Waals surface area contributed by atoms with Gasteiger partial charge in [-0.25, -0.2) is 18.9 Å². The molecule has 0 aliphatic rings. The van der Waals surface area contributed by atoms with Crippen LogP contribution in [0.3, 0.4) is 0 Å². The van der Waals surface area contributed by atoms with Gasteiger partial charge in [-0.1, -0.05) is 54.5 Å². The number of ether oxygens (including phenoxy) is 3. The van der Waals surface area contributed by atoms with Crippen molar-refractivity contribution in [3.63, 3.8) is 0 Å². The molecule has 0 saturated heterocycles. The van der Waals surface area contributed by atoms with Crippen molar-refractivity contribution in [1.82, 2.24) is 5.16 Å². The summed E-state index contributed by atoms with van der Waals surface area (Å²) < 4.78 is 36.1. The zero-order valence-corrected chi connectivity index (χ0v) is 22.8. The number of nitrogens with zero attached hydrogens (tertiary/aromatic N) is 3. The number of guanidine groups is 1. The Hall–Kier alpha value is -4.25. The van der Waals surface area contributed by atoms with Gasteiger partial charge in [-0.3, -0.25) is 0 Å². The molecular formula is C28H33FN4O6. The number of benzene rings is 2. The van der Waals surface area contributed by atoms with Crippen LogP contribution in [-0.4, -0.2) is 48.7 Å². The number of hydrogen-bond acceptors (Lipinski definition) is 7. The van der Waals surface area contributed by atoms with Gasteiger partial charge in [-0.05, 0) is 44.9 Å². The number of amides is 1. The highest BCUT2D eigenvalue weighted by Gasteiger charge is 2.34. The summed E-state index contributed by atoms with van der Waals surface area (Å²) in [5.41, 5.74) is 7.59. The van der Waals surface area contributed by atoms with Gasteiger partial charge in [0.25, 0.3) is 0 Å². The van der Waals surface area contributed by atoms with E-state index in [1.807, 2.05) is 37.3 Å². The molecule has 3 aromatic rings. The van der Waals surface area contributed by atoms with Gasteiger partial charge in [0.05, 0.1) is 12.8 Å². The molecule has 0 saturated carbocycles. The van der Waals surface area contributed by atoms with Crippen molar-refractivity contribution in [2.45, 2.75) is 52.4 Å². The minimum absolute atomic E-state index is 0.0492. The number of hydrogen-bond donors (Lipinski definition) is 1. The van der Waals surface area contributed by atoms with Gasteiger partial charge in [-0.2, -0.15) is 0 Å². The predicted octanol–water partition coefficient (Wildman–Crippen LogP) is 5.22. The quantitative estimate of drug-likeness (QED) is 0.177. The summed E-state index contributed by atoms with van der Waals surface area (Å²) in [6.45, 7) is 8.60. The number of esters is 1. The maximum absolute atomic E-state index is 15.0. The molecule has 2 unspecified atom stereocenters. The molecule has 0 aliphatic carbocycles. The number of carbonyl (C=O) groups is 2. The Morgan fingerprint density at radius 3 is 2.44 bits per heavy atom. The fourth-order valence-corrected chi connectivity index (χ4v) is 3.71. The van der Waals surface area contributed by atoms with Gasteiger partial charge in [-0.15, -0.1) is 4.99 Å². The average molecular weight is 541 g/mol. The number of anilines is 1. The van der Waals surface area contributed by atoms with Crippen LogP contribution in [0.2, 0.25) is 0 Å². The van der Waals surface area contributed by atoms with Gasteiger partial charge < -0.3 is 24.5 Å². The second-order valence-electron chi connectivity index (χ2n) is 9.57. The first-order valence-corrected chi connectivity index (χ1v) is 12.3. The highest BCUT2D eigenvalue weighted by Crippen LogP contribution is 2.31. The second-order valence-corrected chi connectivity index (χ2v) is 9.57. The van der Waals surface area contributed by atoms with Crippen LogP contribution in [-0.2, 0) is 19.0 Å². The van der Waals surface area contributed by atoms with Crippen molar-refractivity contribution in [3.05, 3.63) is 71.7 Å². The zero-order chi connectivity index (χ0) is 28.7. The maximum Gasteiger partial charge on any atom is 0.437 e. The summed E-state index contributed by atoms with van der Waals surface area (Å²) in [5, 5.41) is 4.10. The minimum atomic E-state index is -1.44. The summed E-state index contributed by atoms with van der Waals surface area (Å²) >= 11 is 0. The lowest BCUT2D eigenvalue weighted by Crippen LogP contribution is -2.51. The number of rotatable bonds is 8. The normalized spacial score (nSPS) is 13.5. The van der Waals surface area contributed by atoms with Crippen LogP contribution in [0.1, 0.15) is 51.8 Å². The Balaban J connectivity index is 1.96. The SMILES string of the molecule is CCOC(C(=O)OC)N(C(N)=NC(=O)OC(C)(C)C)c1cc(C(C)c2ccc(-c3ccccc3)c(F)c2)no1. The van der Waals surface area contributed by atoms with E-state index in [2.05, 4.69) is 10.1 Å². The van der Waals surface area contributed by atoms with E-state index in [1.165, 1.54) is 19.2 Å². The van der Waals surface area contributed by atoms with Gasteiger partial charge in [0.15, 0.2) is 0 Å². The summed E-state index contributed by atoms with van der Waals surface area (Å²) in [6, 6.07) is 15.7. The van der Waals surface area contributed by atoms with E-state index in [0.717, 1.165) is 10.5 Å². The molecule has 0 bridgehead atoms. The standard InChI is InChI=1S/C28H33FN4O6/c1-7-37-24(25(34)36-6)33(26(30)31-27(35)38-28(3,4)5)23-16-22(32-39-23)17(2)19-13-14-20(21(29)15-19)18-11-9-8-10-12-18/h8-17,24H,7H2,1-6H3,(H2,30,31,35). The fourth-order valence-electron chi connectivity index (χ4n) is 3.71. The van der Waals surface area contributed by atoms with Crippen LogP contribution in [0.4, 0.5) is 15.1 Å². The lowest BCUT2D eigenvalue weighted by atomic mass is 9.95. The molecule has 1 amide bonds. The molecule has 0 fully saturated rings. The first kappa shape index (κ1) is 29.3. The molecule has 39 heavy (non-hydrogen) atoms. The van der Waals surface area contributed by atoms with Crippen molar-refractivity contribution in [1.29, 1.82) is 0 Å². The van der Waals surface area contributed by atoms with Crippen LogP contribution in [0, 0.1) is 5.82 Å². The molecular weight excluding hydrogens is 507 g/mol. The number of methoxy groups -OCH3 is 1. The smallest absolute Gasteiger partial charge is 0.437 e. The third-order valence-corrected chi connectivity index (χ3v) is 5.58. The Morgan fingerprint density at radius 1 is 1.15 bits per heavy atom. The number of aromatic nitrogens is 1. The maximum atomic E-state index is 15.0. The van der Waals surface area contributed by atoms with Crippen LogP contribution >= 0.6 is 0 Å². The molecule has 3 rings (SSSR count). The van der Waals surface area contributed by atoms with Crippen LogP contribution in [0.25, 0.3) is 11.1 Å². The number of carbonyl (C=O) groups excluding carboxylic acids is 2. The van der Waals surface area contributed by atoms with E-state index in [9.17, 15) is 9.59 Å². The highest BCUT2D eigenvalue weighted by atomic mass is 19.1. The Bertz CT molecular complexity index is 1320. The van der Waals surface area contributed by atoms with E-state index in [4.69, 9.17) is 24.5 Å². The van der Waals surface area contributed by atoms with Gasteiger partial charge in [0, 0.05) is 24.2 Å². The van der Waals surface area contributed by atoms with Gasteiger partial charge in [0.1, 0.15) is 11.4 Å². The largest absolute Gasteiger partial charge is 0.466 e. The van der Waals surface area contributed by atoms with E-state index in [0.29, 0.717) is 16.8 Å². The van der Waals surface area contributed by atoms with Crippen molar-refractivity contribution in [2.24, 2.45) is 10.7 Å². The van der Waals surface area contributed by atoms with E-state index < -0.39 is 35.8 Å². The minimum Gasteiger partial charge on any atom is -0.466 e. The topological polar surface area (TPSA) is 129 Å². The first-order valence-electron chi connectivity index (χ1n) is 12.3. The Kier molecular flexibility index (Phi) is 9.42. The second kappa shape index (κ2) is 12.5. The first-order chi connectivity index (χ1) is 18.4. The molecule has 1 aromatic heterocycles. The molecule has 2 atom stereocenters. The predicted molar refractivity (Wildman–Crippen MR) is 144 cm³/mol. The lowest BCUT2D eigenvalue weighted by molar-refractivity contribution is -0.153. The zero-order valence-electron chi connectivity index (χ0n) is 22.8. The molecule has 0 aliphatic heterocycles. The fraction of sp³-hybridized carbons (Fsp3) is 0.357. The molecule has 208 valence electrons. The van der Waals surface area contributed by atoms with Crippen molar-refractivity contribution < 1.29 is 32.7 Å². The molecule has 11 heteroatoms. The third-order valence-electron chi connectivity index (χ3n) is 5.58. The number of aliphatic imine (C=N–C) groups is 1. The molecule has 0 radical (unpaired) electrons. The van der Waals surface area contributed by atoms with Crippen LogP contribution in [0.5, 0.6) is 0 Å². The van der Waals surface area contributed by atoms with Crippen molar-refractivity contribution >= 4 is 23.9 Å². The summed E-state index contributed by atoms with van der Waals surface area (Å²) in [5.74, 6) is -2.10. The van der Waals surface area contributed by atoms with Crippen LogP contribution < -0.4 is 10.6 Å². The van der Waals surface area contributed by atoms with Crippen molar-refractivity contribution in [2.75, 3.05) is 18.6 Å². The lowest BCUT2D eigenvalue weighted by Gasteiger charge is -2.27.